The van der Waals surface area contributed by atoms with Crippen LogP contribution in [0.2, 0.25) is 0 Å². The Kier molecular flexibility index (Phi) is 25.4. The monoisotopic (exact) mass is 910 g/mol. The number of piperidine rings is 1. The summed E-state index contributed by atoms with van der Waals surface area (Å²) >= 11 is 0. The highest BCUT2D eigenvalue weighted by molar-refractivity contribution is 5.59. The molecule has 376 valence electrons. The van der Waals surface area contributed by atoms with E-state index >= 15 is 0 Å². The number of unbranched alkanes of at least 4 members (excludes halogenated alkanes) is 12. The molecule has 0 radical (unpaired) electrons. The predicted molar refractivity (Wildman–Crippen MR) is 270 cm³/mol. The van der Waals surface area contributed by atoms with Gasteiger partial charge in [0.15, 0.2) is 0 Å². The number of ether oxygens (including phenoxy) is 5. The smallest absolute Gasteiger partial charge is 0.432 e. The summed E-state index contributed by atoms with van der Waals surface area (Å²) in [4.78, 5) is 15.0. The zero-order valence-electron chi connectivity index (χ0n) is 43.4. The van der Waals surface area contributed by atoms with E-state index in [9.17, 15) is 4.79 Å². The van der Waals surface area contributed by atoms with Gasteiger partial charge < -0.3 is 28.6 Å². The zero-order valence-corrected chi connectivity index (χ0v) is 43.4. The van der Waals surface area contributed by atoms with Gasteiger partial charge in [0.05, 0.1) is 32.0 Å². The van der Waals surface area contributed by atoms with E-state index in [-0.39, 0.29) is 25.4 Å². The van der Waals surface area contributed by atoms with Gasteiger partial charge in [-0.2, -0.15) is 0 Å². The molecule has 7 heteroatoms. The number of carbonyl (C=O) groups excluding carboxylic acids is 1. The summed E-state index contributed by atoms with van der Waals surface area (Å²) in [6.07, 6.45) is 43.7. The van der Waals surface area contributed by atoms with Crippen molar-refractivity contribution in [2.24, 2.45) is 46.3 Å². The van der Waals surface area contributed by atoms with Crippen LogP contribution in [0.3, 0.4) is 0 Å². The molecular formula is C58H103NO6. The lowest BCUT2D eigenvalue weighted by atomic mass is 9.47. The first kappa shape index (κ1) is 54.5. The molecule has 5 rings (SSSR count). The summed E-state index contributed by atoms with van der Waals surface area (Å²) in [5.74, 6) is 5.15. The van der Waals surface area contributed by atoms with E-state index in [4.69, 9.17) is 23.7 Å². The number of rotatable bonds is 33. The number of carbonyl (C=O) groups is 1. The van der Waals surface area contributed by atoms with Crippen LogP contribution in [-0.4, -0.2) is 82.5 Å². The summed E-state index contributed by atoms with van der Waals surface area (Å²) in [6, 6.07) is 0. The van der Waals surface area contributed by atoms with Crippen molar-refractivity contribution in [1.29, 1.82) is 0 Å². The van der Waals surface area contributed by atoms with E-state index < -0.39 is 6.16 Å². The van der Waals surface area contributed by atoms with E-state index in [0.717, 1.165) is 81.0 Å². The fourth-order valence-electron chi connectivity index (χ4n) is 13.8. The number of hydrogen-bond donors (Lipinski definition) is 0. The summed E-state index contributed by atoms with van der Waals surface area (Å²) in [5, 5.41) is 0. The van der Waals surface area contributed by atoms with Crippen molar-refractivity contribution in [3.63, 3.8) is 0 Å². The van der Waals surface area contributed by atoms with Gasteiger partial charge in [0.2, 0.25) is 0 Å². The van der Waals surface area contributed by atoms with Gasteiger partial charge >= 0.3 is 6.16 Å². The average molecular weight is 910 g/mol. The van der Waals surface area contributed by atoms with Gasteiger partial charge in [-0.05, 0) is 156 Å². The Labute approximate surface area is 401 Å². The summed E-state index contributed by atoms with van der Waals surface area (Å²) in [7, 11) is 0. The summed E-state index contributed by atoms with van der Waals surface area (Å²) in [6.45, 7) is 20.6. The average Bonchev–Trinajstić information content (AvgIpc) is 3.66. The van der Waals surface area contributed by atoms with Crippen molar-refractivity contribution in [3.05, 3.63) is 23.8 Å². The Bertz CT molecular complexity index is 1340. The Morgan fingerprint density at radius 1 is 0.738 bits per heavy atom. The van der Waals surface area contributed by atoms with E-state index in [1.807, 2.05) is 0 Å². The lowest BCUT2D eigenvalue weighted by Gasteiger charge is -2.58. The molecule has 7 nitrogen and oxygen atoms in total. The lowest BCUT2D eigenvalue weighted by molar-refractivity contribution is -0.0683. The first-order chi connectivity index (χ1) is 31.6. The number of fused-ring (bicyclic) bond motifs is 5. The molecule has 9 atom stereocenters. The highest BCUT2D eigenvalue weighted by Crippen LogP contribution is 2.67. The number of nitrogens with zero attached hydrogens (tertiary/aromatic N) is 1. The Hall–Kier alpha value is -1.41. The Morgan fingerprint density at radius 2 is 1.43 bits per heavy atom. The van der Waals surface area contributed by atoms with Crippen molar-refractivity contribution in [1.82, 2.24) is 4.90 Å². The van der Waals surface area contributed by atoms with Crippen LogP contribution in [0, 0.1) is 46.3 Å². The molecule has 1 saturated heterocycles. The minimum Gasteiger partial charge on any atom is -0.432 e. The van der Waals surface area contributed by atoms with Gasteiger partial charge in [-0.25, -0.2) is 4.79 Å². The molecule has 65 heavy (non-hydrogen) atoms. The van der Waals surface area contributed by atoms with Gasteiger partial charge in [0, 0.05) is 13.2 Å². The number of hydrogen-bond acceptors (Lipinski definition) is 7. The molecule has 0 aromatic carbocycles. The maximum atomic E-state index is 12.5. The van der Waals surface area contributed by atoms with Crippen LogP contribution >= 0.6 is 0 Å². The topological polar surface area (TPSA) is 66.5 Å². The highest BCUT2D eigenvalue weighted by Gasteiger charge is 2.59. The molecule has 1 heterocycles. The first-order valence-electron chi connectivity index (χ1n) is 28.3. The maximum Gasteiger partial charge on any atom is 0.508 e. The maximum absolute atomic E-state index is 12.5. The summed E-state index contributed by atoms with van der Waals surface area (Å²) in [5.41, 5.74) is 2.50. The molecule has 0 aromatic heterocycles. The van der Waals surface area contributed by atoms with Crippen LogP contribution in [0.4, 0.5) is 4.79 Å². The molecule has 0 spiro atoms. The third kappa shape index (κ3) is 18.1. The van der Waals surface area contributed by atoms with Gasteiger partial charge in [-0.1, -0.05) is 149 Å². The van der Waals surface area contributed by atoms with E-state index in [0.29, 0.717) is 30.7 Å². The van der Waals surface area contributed by atoms with Gasteiger partial charge in [0.25, 0.3) is 0 Å². The third-order valence-electron chi connectivity index (χ3n) is 17.6. The van der Waals surface area contributed by atoms with Crippen LogP contribution < -0.4 is 0 Å². The van der Waals surface area contributed by atoms with Crippen molar-refractivity contribution < 1.29 is 28.5 Å². The van der Waals surface area contributed by atoms with Crippen molar-refractivity contribution >= 4 is 6.16 Å². The second-order valence-electron chi connectivity index (χ2n) is 22.8. The fourth-order valence-corrected chi connectivity index (χ4v) is 13.8. The van der Waals surface area contributed by atoms with E-state index in [1.165, 1.54) is 161 Å². The third-order valence-corrected chi connectivity index (χ3v) is 17.6. The van der Waals surface area contributed by atoms with Gasteiger partial charge in [-0.15, -0.1) is 0 Å². The zero-order chi connectivity index (χ0) is 46.2. The Balaban J connectivity index is 0.900. The largest absolute Gasteiger partial charge is 0.508 e. The summed E-state index contributed by atoms with van der Waals surface area (Å²) < 4.78 is 29.6. The lowest BCUT2D eigenvalue weighted by Crippen LogP contribution is -2.51. The second-order valence-corrected chi connectivity index (χ2v) is 22.8. The minimum atomic E-state index is -0.637. The standard InChI is InChI=1S/C58H103NO6/c1-7-8-9-10-11-12-13-14-15-16-17-18-19-20-21-25-39-61-46-51(45-59-37-23-22-24-38-59)63-41-43-65-56(60)64-42-40-62-50-33-35-57(5)49(44-50)29-30-52-54-32-31-53(48(4)28-26-27-47(2)3)58(54,6)36-34-55(52)57/h14-15,29,47-48,50-55H,7-13,16-28,30-46H2,1-6H3/b15-14-/t48-,50+,51?,52+,53+,54?,55?,57+,58-/m1/s1. The quantitative estimate of drug-likeness (QED) is 0.0369. The molecule has 0 amide bonds. The second kappa shape index (κ2) is 30.3. The van der Waals surface area contributed by atoms with Gasteiger partial charge in [-0.3, -0.25) is 0 Å². The number of allylic oxidation sites excluding steroid dienone is 3. The molecule has 4 aliphatic carbocycles. The SMILES string of the molecule is CCCCCCCC/C=C\CCCCCCCCOCC(CN1CCCCC1)OCCOC(=O)OCCO[C@H]1CC[C@@]2(C)C(=CC[C@@H]3C2CC[C@@]2(C)C3CC[C@H]2[C@H](C)CCCC(C)C)C1. The van der Waals surface area contributed by atoms with Gasteiger partial charge in [0.1, 0.15) is 13.2 Å². The molecule has 4 fully saturated rings. The van der Waals surface area contributed by atoms with Crippen LogP contribution in [0.5, 0.6) is 0 Å². The molecule has 5 aliphatic rings. The first-order valence-corrected chi connectivity index (χ1v) is 28.3. The predicted octanol–water partition coefficient (Wildman–Crippen LogP) is 15.5. The van der Waals surface area contributed by atoms with Crippen molar-refractivity contribution in [2.45, 2.75) is 234 Å². The molecule has 1 aliphatic heterocycles. The van der Waals surface area contributed by atoms with E-state index in [1.54, 1.807) is 5.57 Å². The van der Waals surface area contributed by atoms with E-state index in [2.05, 4.69) is 64.7 Å². The Morgan fingerprint density at radius 3 is 2.15 bits per heavy atom. The van der Waals surface area contributed by atoms with Crippen molar-refractivity contribution in [3.8, 4) is 0 Å². The molecular weight excluding hydrogens is 807 g/mol. The van der Waals surface area contributed by atoms with Crippen molar-refractivity contribution in [2.75, 3.05) is 59.3 Å². The molecule has 3 unspecified atom stereocenters. The number of likely N-dealkylation sites (tertiary alicyclic amines) is 1. The molecule has 0 aromatic rings. The van der Waals surface area contributed by atoms with Crippen LogP contribution in [0.15, 0.2) is 23.8 Å². The molecule has 3 saturated carbocycles. The van der Waals surface area contributed by atoms with Crippen LogP contribution in [-0.2, 0) is 23.7 Å². The van der Waals surface area contributed by atoms with Crippen LogP contribution in [0.1, 0.15) is 221 Å². The van der Waals surface area contributed by atoms with Crippen LogP contribution in [0.25, 0.3) is 0 Å². The molecule has 0 N–H and O–H groups in total. The normalized spacial score (nSPS) is 29.0. The minimum absolute atomic E-state index is 0.0239. The highest BCUT2D eigenvalue weighted by atomic mass is 16.7. The molecule has 0 bridgehead atoms. The fraction of sp³-hybridized carbons (Fsp3) is 0.914.